The van der Waals surface area contributed by atoms with E-state index in [-0.39, 0.29) is 23.3 Å². The average molecular weight is 277 g/mol. The number of carbonyl (C=O) groups is 2. The number of nitrogens with one attached hydrogen (secondary N) is 1. The highest BCUT2D eigenvalue weighted by Gasteiger charge is 2.36. The van der Waals surface area contributed by atoms with Crippen LogP contribution in [0.15, 0.2) is 22.5 Å². The van der Waals surface area contributed by atoms with E-state index < -0.39 is 0 Å². The fourth-order valence-electron chi connectivity index (χ4n) is 2.80. The highest BCUT2D eigenvalue weighted by atomic mass is 16.5. The van der Waals surface area contributed by atoms with Crippen molar-refractivity contribution in [2.45, 2.75) is 60.0 Å². The Kier molecular flexibility index (Phi) is 3.76. The van der Waals surface area contributed by atoms with Crippen LogP contribution >= 0.6 is 0 Å². The molecule has 0 aromatic heterocycles. The minimum absolute atomic E-state index is 0.0147. The monoisotopic (exact) mass is 277 g/mol. The van der Waals surface area contributed by atoms with Crippen LogP contribution in [-0.4, -0.2) is 17.9 Å². The third-order valence-electron chi connectivity index (χ3n) is 3.73. The summed E-state index contributed by atoms with van der Waals surface area (Å²) in [5.74, 6) is -0.180. The summed E-state index contributed by atoms with van der Waals surface area (Å²) in [5, 5.41) is 3.25. The Bertz CT molecular complexity index is 524. The van der Waals surface area contributed by atoms with Crippen LogP contribution in [0, 0.1) is 5.41 Å². The van der Waals surface area contributed by atoms with Crippen LogP contribution in [0.1, 0.15) is 53.9 Å². The fourth-order valence-corrected chi connectivity index (χ4v) is 2.80. The number of ketones is 1. The average Bonchev–Trinajstić information content (AvgIpc) is 2.24. The molecule has 0 radical (unpaired) electrons. The zero-order valence-electron chi connectivity index (χ0n) is 12.9. The highest BCUT2D eigenvalue weighted by Crippen LogP contribution is 2.40. The maximum Gasteiger partial charge on any atom is 0.336 e. The van der Waals surface area contributed by atoms with Crippen molar-refractivity contribution in [3.05, 3.63) is 22.5 Å². The van der Waals surface area contributed by atoms with E-state index in [1.165, 1.54) is 0 Å². The molecule has 0 amide bonds. The van der Waals surface area contributed by atoms with Gasteiger partial charge in [-0.3, -0.25) is 4.79 Å². The molecular formula is C16H23NO3. The first kappa shape index (κ1) is 14.8. The van der Waals surface area contributed by atoms with Gasteiger partial charge in [0.05, 0.1) is 11.7 Å². The smallest absolute Gasteiger partial charge is 0.336 e. The highest BCUT2D eigenvalue weighted by molar-refractivity contribution is 6.01. The van der Waals surface area contributed by atoms with Crippen molar-refractivity contribution in [3.8, 4) is 0 Å². The van der Waals surface area contributed by atoms with Gasteiger partial charge < -0.3 is 10.1 Å². The van der Waals surface area contributed by atoms with Gasteiger partial charge in [-0.1, -0.05) is 13.8 Å². The number of hydrogen-bond acceptors (Lipinski definition) is 4. The third kappa shape index (κ3) is 2.94. The van der Waals surface area contributed by atoms with Crippen molar-refractivity contribution < 1.29 is 14.3 Å². The molecule has 2 aliphatic rings. The standard InChI is InChI=1S/C16H23NO3/c1-9(2)20-15(19)11-6-12-13(17-10(11)3)7-16(4,5)8-14(12)18/h9,17H,6-8H2,1-5H3. The van der Waals surface area contributed by atoms with Gasteiger partial charge in [0.15, 0.2) is 5.78 Å². The van der Waals surface area contributed by atoms with Gasteiger partial charge >= 0.3 is 5.97 Å². The second-order valence-corrected chi connectivity index (χ2v) is 6.76. The van der Waals surface area contributed by atoms with Crippen molar-refractivity contribution in [2.24, 2.45) is 5.41 Å². The molecule has 0 aromatic rings. The molecule has 0 saturated heterocycles. The first-order chi connectivity index (χ1) is 9.19. The lowest BCUT2D eigenvalue weighted by molar-refractivity contribution is -0.142. The first-order valence-corrected chi connectivity index (χ1v) is 7.12. The number of esters is 1. The Balaban J connectivity index is 2.23. The third-order valence-corrected chi connectivity index (χ3v) is 3.73. The number of Topliss-reactive ketones (excluding diaryl/α,β-unsaturated/α-hetero) is 1. The lowest BCUT2D eigenvalue weighted by atomic mass is 9.73. The summed E-state index contributed by atoms with van der Waals surface area (Å²) in [6.45, 7) is 9.70. The molecule has 0 atom stereocenters. The molecule has 4 heteroatoms. The van der Waals surface area contributed by atoms with E-state index in [2.05, 4.69) is 19.2 Å². The largest absolute Gasteiger partial charge is 0.460 e. The summed E-state index contributed by atoms with van der Waals surface area (Å²) in [6.07, 6.45) is 1.63. The number of carbonyl (C=O) groups excluding carboxylic acids is 2. The molecule has 0 fully saturated rings. The molecule has 20 heavy (non-hydrogen) atoms. The van der Waals surface area contributed by atoms with Crippen LogP contribution in [0.3, 0.4) is 0 Å². The molecule has 4 nitrogen and oxygen atoms in total. The summed E-state index contributed by atoms with van der Waals surface area (Å²) >= 11 is 0. The first-order valence-electron chi connectivity index (χ1n) is 7.12. The molecule has 0 aromatic carbocycles. The lowest BCUT2D eigenvalue weighted by Gasteiger charge is -2.35. The molecule has 2 rings (SSSR count). The van der Waals surface area contributed by atoms with E-state index in [0.29, 0.717) is 18.4 Å². The Morgan fingerprint density at radius 3 is 2.55 bits per heavy atom. The Hall–Kier alpha value is -1.58. The molecule has 1 aliphatic carbocycles. The van der Waals surface area contributed by atoms with Gasteiger partial charge in [0.1, 0.15) is 0 Å². The van der Waals surface area contributed by atoms with Crippen LogP contribution < -0.4 is 5.32 Å². The second kappa shape index (κ2) is 5.08. The number of allylic oxidation sites excluding steroid dienone is 3. The van der Waals surface area contributed by atoms with Crippen molar-refractivity contribution in [1.29, 1.82) is 0 Å². The summed E-state index contributed by atoms with van der Waals surface area (Å²) < 4.78 is 5.25. The molecule has 110 valence electrons. The van der Waals surface area contributed by atoms with Gasteiger partial charge in [0.2, 0.25) is 0 Å². The topological polar surface area (TPSA) is 55.4 Å². The number of dihydropyridines is 1. The number of hydrogen-bond donors (Lipinski definition) is 1. The maximum absolute atomic E-state index is 12.3. The minimum Gasteiger partial charge on any atom is -0.460 e. The van der Waals surface area contributed by atoms with Crippen molar-refractivity contribution in [1.82, 2.24) is 5.32 Å². The summed E-state index contributed by atoms with van der Waals surface area (Å²) in [4.78, 5) is 24.3. The van der Waals surface area contributed by atoms with Crippen LogP contribution in [0.2, 0.25) is 0 Å². The van der Waals surface area contributed by atoms with E-state index >= 15 is 0 Å². The van der Waals surface area contributed by atoms with Crippen LogP contribution in [-0.2, 0) is 14.3 Å². The number of ether oxygens (including phenoxy) is 1. The van der Waals surface area contributed by atoms with E-state index in [0.717, 1.165) is 23.4 Å². The van der Waals surface area contributed by atoms with Gasteiger partial charge in [-0.2, -0.15) is 0 Å². The van der Waals surface area contributed by atoms with E-state index in [4.69, 9.17) is 4.74 Å². The second-order valence-electron chi connectivity index (χ2n) is 6.76. The van der Waals surface area contributed by atoms with Gasteiger partial charge in [-0.05, 0) is 32.6 Å². The zero-order chi connectivity index (χ0) is 15.1. The molecule has 0 unspecified atom stereocenters. The van der Waals surface area contributed by atoms with Crippen LogP contribution in [0.25, 0.3) is 0 Å². The van der Waals surface area contributed by atoms with Gasteiger partial charge in [-0.25, -0.2) is 4.79 Å². The van der Waals surface area contributed by atoms with E-state index in [1.807, 2.05) is 20.8 Å². The van der Waals surface area contributed by atoms with Crippen molar-refractivity contribution in [2.75, 3.05) is 0 Å². The summed E-state index contributed by atoms with van der Waals surface area (Å²) in [6, 6.07) is 0. The van der Waals surface area contributed by atoms with Gasteiger partial charge in [-0.15, -0.1) is 0 Å². The molecule has 0 saturated carbocycles. The summed E-state index contributed by atoms with van der Waals surface area (Å²) in [7, 11) is 0. The Morgan fingerprint density at radius 1 is 1.30 bits per heavy atom. The molecule has 0 bridgehead atoms. The lowest BCUT2D eigenvalue weighted by Crippen LogP contribution is -2.35. The predicted octanol–water partition coefficient (Wildman–Crippen LogP) is 2.85. The van der Waals surface area contributed by atoms with Gasteiger partial charge in [0, 0.05) is 29.8 Å². The quantitative estimate of drug-likeness (QED) is 0.789. The Labute approximate surface area is 120 Å². The molecular weight excluding hydrogens is 254 g/mol. The van der Waals surface area contributed by atoms with E-state index in [1.54, 1.807) is 0 Å². The maximum atomic E-state index is 12.3. The fraction of sp³-hybridized carbons (Fsp3) is 0.625. The Morgan fingerprint density at radius 2 is 1.95 bits per heavy atom. The molecule has 0 spiro atoms. The van der Waals surface area contributed by atoms with Gasteiger partial charge in [0.25, 0.3) is 0 Å². The van der Waals surface area contributed by atoms with Crippen LogP contribution in [0.5, 0.6) is 0 Å². The van der Waals surface area contributed by atoms with E-state index in [9.17, 15) is 9.59 Å². The molecule has 1 aliphatic heterocycles. The number of rotatable bonds is 2. The minimum atomic E-state index is -0.325. The SMILES string of the molecule is CC1=C(C(=O)OC(C)C)CC2=C(CC(C)(C)CC2=O)N1. The van der Waals surface area contributed by atoms with Crippen LogP contribution in [0.4, 0.5) is 0 Å². The molecule has 1 N–H and O–H groups in total. The van der Waals surface area contributed by atoms with Crippen molar-refractivity contribution in [3.63, 3.8) is 0 Å². The summed E-state index contributed by atoms with van der Waals surface area (Å²) in [5.41, 5.74) is 3.10. The normalized spacial score (nSPS) is 21.8. The predicted molar refractivity (Wildman–Crippen MR) is 76.7 cm³/mol. The zero-order valence-corrected chi connectivity index (χ0v) is 12.9. The molecule has 1 heterocycles. The van der Waals surface area contributed by atoms with Crippen molar-refractivity contribution >= 4 is 11.8 Å².